The lowest BCUT2D eigenvalue weighted by atomic mass is 9.97. The van der Waals surface area contributed by atoms with Gasteiger partial charge in [0.05, 0.1) is 18.1 Å². The van der Waals surface area contributed by atoms with E-state index in [1.165, 1.54) is 4.90 Å². The second-order valence-electron chi connectivity index (χ2n) is 10.1. The van der Waals surface area contributed by atoms with Crippen LogP contribution in [0.1, 0.15) is 52.5 Å². The number of benzene rings is 1. The fraction of sp³-hybridized carbons (Fsp3) is 0.667. The van der Waals surface area contributed by atoms with Gasteiger partial charge in [0.15, 0.2) is 8.32 Å². The third-order valence-corrected chi connectivity index (χ3v) is 11.2. The molecule has 174 valence electrons. The fourth-order valence-corrected chi connectivity index (χ4v) is 4.49. The molecule has 1 aliphatic heterocycles. The Bertz CT molecular complexity index is 731. The van der Waals surface area contributed by atoms with Gasteiger partial charge >= 0.3 is 6.09 Å². The van der Waals surface area contributed by atoms with Crippen LogP contribution in [0.5, 0.6) is 0 Å². The van der Waals surface area contributed by atoms with Gasteiger partial charge in [0.25, 0.3) is 0 Å². The number of aliphatic hydroxyl groups is 1. The molecule has 3 atom stereocenters. The molecule has 0 radical (unpaired) electrons. The van der Waals surface area contributed by atoms with Gasteiger partial charge in [0.2, 0.25) is 5.91 Å². The number of ether oxygens (including phenoxy) is 1. The average molecular weight is 450 g/mol. The third-order valence-electron chi connectivity index (χ3n) is 6.64. The van der Waals surface area contributed by atoms with Crippen LogP contribution < -0.4 is 0 Å². The zero-order valence-corrected chi connectivity index (χ0v) is 20.9. The average Bonchev–Trinajstić information content (AvgIpc) is 3.06. The molecule has 1 aliphatic rings. The molecule has 7 heteroatoms. The Morgan fingerprint density at radius 3 is 2.52 bits per heavy atom. The van der Waals surface area contributed by atoms with Gasteiger partial charge in [0, 0.05) is 6.61 Å². The molecule has 2 amide bonds. The van der Waals surface area contributed by atoms with Crippen LogP contribution in [0.3, 0.4) is 0 Å². The largest absolute Gasteiger partial charge is 0.447 e. The maximum atomic E-state index is 13.0. The van der Waals surface area contributed by atoms with Crippen molar-refractivity contribution in [2.45, 2.75) is 83.7 Å². The molecule has 0 saturated carbocycles. The predicted molar refractivity (Wildman–Crippen MR) is 124 cm³/mol. The molecule has 1 fully saturated rings. The van der Waals surface area contributed by atoms with Crippen LogP contribution in [0, 0.1) is 5.92 Å². The molecule has 0 bridgehead atoms. The van der Waals surface area contributed by atoms with E-state index in [0.29, 0.717) is 19.4 Å². The van der Waals surface area contributed by atoms with E-state index < -0.39 is 26.4 Å². The summed E-state index contributed by atoms with van der Waals surface area (Å²) in [6.45, 7) is 13.6. The lowest BCUT2D eigenvalue weighted by molar-refractivity contribution is -0.136. The van der Waals surface area contributed by atoms with Gasteiger partial charge in [-0.05, 0) is 49.4 Å². The van der Waals surface area contributed by atoms with Crippen molar-refractivity contribution < 1.29 is 23.9 Å². The molecule has 1 aromatic carbocycles. The summed E-state index contributed by atoms with van der Waals surface area (Å²) in [6, 6.07) is 9.39. The number of hydrogen-bond acceptors (Lipinski definition) is 5. The van der Waals surface area contributed by atoms with Gasteiger partial charge in [-0.2, -0.15) is 0 Å². The Morgan fingerprint density at radius 2 is 1.90 bits per heavy atom. The lowest BCUT2D eigenvalue weighted by Gasteiger charge is -2.36. The molecule has 31 heavy (non-hydrogen) atoms. The Balaban J connectivity index is 1.83. The standard InChI is InChI=1S/C24H39NO5Si/c1-18(21(26)14-10-11-15-30-31(5,6)24(2,3)4)22(27)25-20(17-29-23(25)28)16-19-12-8-7-9-13-19/h7-9,12-13,18,20-21,26H,10-11,14-17H2,1-6H3/t18-,20-,21+/m0/s1. The highest BCUT2D eigenvalue weighted by atomic mass is 28.4. The molecule has 1 saturated heterocycles. The van der Waals surface area contributed by atoms with Gasteiger partial charge in [-0.1, -0.05) is 58.0 Å². The summed E-state index contributed by atoms with van der Waals surface area (Å²) in [7, 11) is -1.76. The van der Waals surface area contributed by atoms with Crippen molar-refractivity contribution in [1.29, 1.82) is 0 Å². The molecule has 1 N–H and O–H groups in total. The number of hydrogen-bond donors (Lipinski definition) is 1. The summed E-state index contributed by atoms with van der Waals surface area (Å²) in [6.07, 6.45) is 1.24. The third kappa shape index (κ3) is 6.89. The van der Waals surface area contributed by atoms with E-state index in [1.54, 1.807) is 6.92 Å². The van der Waals surface area contributed by atoms with Crippen molar-refractivity contribution in [2.75, 3.05) is 13.2 Å². The first-order valence-corrected chi connectivity index (χ1v) is 14.2. The van der Waals surface area contributed by atoms with Crippen molar-refractivity contribution in [3.63, 3.8) is 0 Å². The molecule has 0 aliphatic carbocycles. The lowest BCUT2D eigenvalue weighted by Crippen LogP contribution is -2.45. The number of amides is 2. The number of imide groups is 1. The molecule has 6 nitrogen and oxygen atoms in total. The summed E-state index contributed by atoms with van der Waals surface area (Å²) >= 11 is 0. The molecule has 0 aromatic heterocycles. The number of carbonyl (C=O) groups excluding carboxylic acids is 2. The van der Waals surface area contributed by atoms with E-state index in [4.69, 9.17) is 9.16 Å². The zero-order chi connectivity index (χ0) is 23.2. The van der Waals surface area contributed by atoms with E-state index in [2.05, 4.69) is 33.9 Å². The monoisotopic (exact) mass is 449 g/mol. The van der Waals surface area contributed by atoms with Gasteiger partial charge in [-0.15, -0.1) is 0 Å². The Labute approximate surface area is 188 Å². The summed E-state index contributed by atoms with van der Waals surface area (Å²) in [5.74, 6) is -1.03. The molecule has 0 unspecified atom stereocenters. The van der Waals surface area contributed by atoms with Crippen LogP contribution in [-0.2, 0) is 20.4 Å². The van der Waals surface area contributed by atoms with Crippen molar-refractivity contribution >= 4 is 20.3 Å². The normalized spacial score (nSPS) is 19.3. The van der Waals surface area contributed by atoms with Crippen LogP contribution in [0.15, 0.2) is 30.3 Å². The Hall–Kier alpha value is -1.70. The first kappa shape index (κ1) is 25.6. The molecule has 1 aromatic rings. The minimum absolute atomic E-state index is 0.175. The fourth-order valence-electron chi connectivity index (χ4n) is 3.40. The number of unbranched alkanes of at least 4 members (excludes halogenated alkanes) is 1. The maximum Gasteiger partial charge on any atom is 0.416 e. The van der Waals surface area contributed by atoms with Gasteiger partial charge in [0.1, 0.15) is 6.61 Å². The van der Waals surface area contributed by atoms with Crippen LogP contribution in [-0.4, -0.2) is 55.7 Å². The minimum Gasteiger partial charge on any atom is -0.447 e. The molecule has 0 spiro atoms. The van der Waals surface area contributed by atoms with E-state index in [0.717, 1.165) is 18.4 Å². The maximum absolute atomic E-state index is 13.0. The van der Waals surface area contributed by atoms with E-state index in [9.17, 15) is 14.7 Å². The predicted octanol–water partition coefficient (Wildman–Crippen LogP) is 4.77. The highest BCUT2D eigenvalue weighted by molar-refractivity contribution is 6.74. The SMILES string of the molecule is C[C@H](C(=O)N1C(=O)OC[C@@H]1Cc1ccccc1)[C@H](O)CCCCO[Si](C)(C)C(C)(C)C. The highest BCUT2D eigenvalue weighted by Crippen LogP contribution is 2.36. The highest BCUT2D eigenvalue weighted by Gasteiger charge is 2.41. The summed E-state index contributed by atoms with van der Waals surface area (Å²) < 4.78 is 11.3. The quantitative estimate of drug-likeness (QED) is 0.411. The van der Waals surface area contributed by atoms with Crippen LogP contribution in [0.25, 0.3) is 0 Å². The van der Waals surface area contributed by atoms with Crippen molar-refractivity contribution in [3.05, 3.63) is 35.9 Å². The van der Waals surface area contributed by atoms with Crippen LogP contribution in [0.4, 0.5) is 4.79 Å². The first-order chi connectivity index (χ1) is 14.4. The van der Waals surface area contributed by atoms with Gasteiger partial charge in [-0.3, -0.25) is 4.79 Å². The Kier molecular flexibility index (Phi) is 8.86. The number of nitrogens with zero attached hydrogens (tertiary/aromatic N) is 1. The smallest absolute Gasteiger partial charge is 0.416 e. The van der Waals surface area contributed by atoms with Gasteiger partial charge < -0.3 is 14.3 Å². The van der Waals surface area contributed by atoms with E-state index in [-0.39, 0.29) is 23.6 Å². The second kappa shape index (κ2) is 10.7. The Morgan fingerprint density at radius 1 is 1.26 bits per heavy atom. The minimum atomic E-state index is -1.76. The molecule has 2 rings (SSSR count). The van der Waals surface area contributed by atoms with Crippen LogP contribution >= 0.6 is 0 Å². The van der Waals surface area contributed by atoms with Crippen molar-refractivity contribution in [3.8, 4) is 0 Å². The number of aliphatic hydroxyl groups excluding tert-OH is 1. The van der Waals surface area contributed by atoms with Gasteiger partial charge in [-0.25, -0.2) is 9.69 Å². The van der Waals surface area contributed by atoms with Crippen molar-refractivity contribution in [1.82, 2.24) is 4.90 Å². The van der Waals surface area contributed by atoms with E-state index in [1.807, 2.05) is 30.3 Å². The molecule has 1 heterocycles. The summed E-state index contributed by atoms with van der Waals surface area (Å²) in [4.78, 5) is 26.4. The molecular formula is C24H39NO5Si. The van der Waals surface area contributed by atoms with Crippen LogP contribution in [0.2, 0.25) is 18.1 Å². The second-order valence-corrected chi connectivity index (χ2v) is 14.9. The first-order valence-electron chi connectivity index (χ1n) is 11.3. The zero-order valence-electron chi connectivity index (χ0n) is 19.9. The number of cyclic esters (lactones) is 1. The van der Waals surface area contributed by atoms with Crippen molar-refractivity contribution in [2.24, 2.45) is 5.92 Å². The topological polar surface area (TPSA) is 76.1 Å². The number of rotatable bonds is 10. The molecular weight excluding hydrogens is 410 g/mol. The summed E-state index contributed by atoms with van der Waals surface area (Å²) in [5.41, 5.74) is 1.04. The summed E-state index contributed by atoms with van der Waals surface area (Å²) in [5, 5.41) is 10.7. The number of carbonyl (C=O) groups is 2. The van der Waals surface area contributed by atoms with E-state index >= 15 is 0 Å².